The molecule has 2 aromatic rings. The summed E-state index contributed by atoms with van der Waals surface area (Å²) < 4.78 is 11.4. The Labute approximate surface area is 153 Å². The summed E-state index contributed by atoms with van der Waals surface area (Å²) in [6, 6.07) is 13.8. The van der Waals surface area contributed by atoms with Gasteiger partial charge in [0.2, 0.25) is 0 Å². The number of carbonyl (C=O) groups is 1. The van der Waals surface area contributed by atoms with Crippen molar-refractivity contribution in [1.29, 1.82) is 0 Å². The van der Waals surface area contributed by atoms with Crippen LogP contribution in [0.1, 0.15) is 28.8 Å². The summed E-state index contributed by atoms with van der Waals surface area (Å²) in [5.74, 6) is 0.316. The molecule has 1 N–H and O–H groups in total. The summed E-state index contributed by atoms with van der Waals surface area (Å²) >= 11 is 0. The van der Waals surface area contributed by atoms with Crippen LogP contribution in [0, 0.1) is 0 Å². The normalized spacial score (nSPS) is 18.8. The fraction of sp³-hybridized carbons (Fsp3) is 0.400. The van der Waals surface area contributed by atoms with E-state index in [1.54, 1.807) is 6.20 Å². The minimum atomic E-state index is -0.458. The van der Waals surface area contributed by atoms with Crippen molar-refractivity contribution in [2.24, 2.45) is 0 Å². The summed E-state index contributed by atoms with van der Waals surface area (Å²) in [7, 11) is 0. The number of aromatic nitrogens is 1. The van der Waals surface area contributed by atoms with Crippen molar-refractivity contribution >= 4 is 11.7 Å². The minimum Gasteiger partial charge on any atom is -0.366 e. The van der Waals surface area contributed by atoms with E-state index in [0.29, 0.717) is 38.4 Å². The van der Waals surface area contributed by atoms with E-state index in [2.05, 4.69) is 22.4 Å². The number of carbonyl (C=O) groups excluding carboxylic acids is 1. The fourth-order valence-electron chi connectivity index (χ4n) is 3.43. The molecule has 1 aromatic carbocycles. The molecule has 2 fully saturated rings. The second-order valence-electron chi connectivity index (χ2n) is 6.67. The molecule has 2 aliphatic heterocycles. The standard InChI is InChI=1S/C20H23N3O3/c24-19(23-10-8-20(9-11-23)25-12-13-26-20)17-6-7-18(22-15-17)21-14-16-4-2-1-3-5-16/h1-7,15H,8-14H2,(H,21,22). The molecule has 0 bridgehead atoms. The van der Waals surface area contributed by atoms with Crippen LogP contribution in [0.25, 0.3) is 0 Å². The lowest BCUT2D eigenvalue weighted by atomic mass is 10.0. The number of benzene rings is 1. The number of rotatable bonds is 4. The Balaban J connectivity index is 1.32. The fourth-order valence-corrected chi connectivity index (χ4v) is 3.43. The van der Waals surface area contributed by atoms with Crippen molar-refractivity contribution in [3.63, 3.8) is 0 Å². The van der Waals surface area contributed by atoms with E-state index < -0.39 is 5.79 Å². The molecule has 0 atom stereocenters. The van der Waals surface area contributed by atoms with Crippen LogP contribution in [0.5, 0.6) is 0 Å². The monoisotopic (exact) mass is 353 g/mol. The molecule has 1 spiro atoms. The Hall–Kier alpha value is -2.44. The van der Waals surface area contributed by atoms with Gasteiger partial charge in [-0.3, -0.25) is 4.79 Å². The Morgan fingerprint density at radius 1 is 1.08 bits per heavy atom. The van der Waals surface area contributed by atoms with Gasteiger partial charge in [-0.1, -0.05) is 30.3 Å². The zero-order chi connectivity index (χ0) is 17.8. The summed E-state index contributed by atoms with van der Waals surface area (Å²) in [6.45, 7) is 3.29. The Morgan fingerprint density at radius 3 is 2.46 bits per heavy atom. The third-order valence-corrected chi connectivity index (χ3v) is 4.95. The number of pyridine rings is 1. The number of amides is 1. The van der Waals surface area contributed by atoms with Crippen molar-refractivity contribution in [3.8, 4) is 0 Å². The number of hydrogen-bond acceptors (Lipinski definition) is 5. The number of ether oxygens (including phenoxy) is 2. The van der Waals surface area contributed by atoms with Crippen LogP contribution in [0.2, 0.25) is 0 Å². The van der Waals surface area contributed by atoms with E-state index in [1.165, 1.54) is 5.56 Å². The van der Waals surface area contributed by atoms with Crippen LogP contribution >= 0.6 is 0 Å². The molecule has 4 rings (SSSR count). The Kier molecular flexibility index (Phi) is 4.86. The van der Waals surface area contributed by atoms with Gasteiger partial charge < -0.3 is 19.7 Å². The van der Waals surface area contributed by atoms with E-state index in [4.69, 9.17) is 9.47 Å². The average molecular weight is 353 g/mol. The third-order valence-electron chi connectivity index (χ3n) is 4.95. The number of nitrogens with one attached hydrogen (secondary N) is 1. The molecule has 0 unspecified atom stereocenters. The number of piperidine rings is 1. The summed E-state index contributed by atoms with van der Waals surface area (Å²) in [5.41, 5.74) is 1.80. The largest absolute Gasteiger partial charge is 0.366 e. The molecule has 6 nitrogen and oxygen atoms in total. The number of anilines is 1. The molecular weight excluding hydrogens is 330 g/mol. The molecule has 3 heterocycles. The zero-order valence-corrected chi connectivity index (χ0v) is 14.7. The second-order valence-corrected chi connectivity index (χ2v) is 6.67. The Morgan fingerprint density at radius 2 is 1.81 bits per heavy atom. The lowest BCUT2D eigenvalue weighted by molar-refractivity contribution is -0.181. The maximum atomic E-state index is 12.7. The third kappa shape index (κ3) is 3.71. The average Bonchev–Trinajstić information content (AvgIpc) is 3.16. The summed E-state index contributed by atoms with van der Waals surface area (Å²) in [6.07, 6.45) is 3.09. The van der Waals surface area contributed by atoms with Gasteiger partial charge in [0, 0.05) is 38.7 Å². The van der Waals surface area contributed by atoms with Gasteiger partial charge in [0.05, 0.1) is 18.8 Å². The molecule has 6 heteroatoms. The molecule has 0 radical (unpaired) electrons. The van der Waals surface area contributed by atoms with Crippen molar-refractivity contribution in [2.45, 2.75) is 25.2 Å². The van der Waals surface area contributed by atoms with Gasteiger partial charge in [0.25, 0.3) is 5.91 Å². The van der Waals surface area contributed by atoms with Crippen LogP contribution in [0.4, 0.5) is 5.82 Å². The zero-order valence-electron chi connectivity index (χ0n) is 14.7. The van der Waals surface area contributed by atoms with Gasteiger partial charge >= 0.3 is 0 Å². The molecule has 2 saturated heterocycles. The predicted molar refractivity (Wildman–Crippen MR) is 97.8 cm³/mol. The van der Waals surface area contributed by atoms with Gasteiger partial charge in [-0.2, -0.15) is 0 Å². The van der Waals surface area contributed by atoms with Gasteiger partial charge in [-0.15, -0.1) is 0 Å². The van der Waals surface area contributed by atoms with Gasteiger partial charge in [0.1, 0.15) is 5.82 Å². The smallest absolute Gasteiger partial charge is 0.255 e. The molecular formula is C20H23N3O3. The van der Waals surface area contributed by atoms with E-state index in [9.17, 15) is 4.79 Å². The molecule has 136 valence electrons. The van der Waals surface area contributed by atoms with Crippen LogP contribution in [0.3, 0.4) is 0 Å². The number of likely N-dealkylation sites (tertiary alicyclic amines) is 1. The first-order valence-electron chi connectivity index (χ1n) is 9.05. The van der Waals surface area contributed by atoms with Crippen molar-refractivity contribution in [3.05, 3.63) is 59.8 Å². The van der Waals surface area contributed by atoms with Gasteiger partial charge in [-0.05, 0) is 17.7 Å². The quantitative estimate of drug-likeness (QED) is 0.916. The highest BCUT2D eigenvalue weighted by molar-refractivity contribution is 5.94. The summed E-state index contributed by atoms with van der Waals surface area (Å²) in [5, 5.41) is 3.27. The van der Waals surface area contributed by atoms with E-state index >= 15 is 0 Å². The summed E-state index contributed by atoms with van der Waals surface area (Å²) in [4.78, 5) is 18.9. The Bertz CT molecular complexity index is 733. The maximum Gasteiger partial charge on any atom is 0.255 e. The first kappa shape index (κ1) is 17.0. The lowest BCUT2D eigenvalue weighted by Gasteiger charge is -2.37. The van der Waals surface area contributed by atoms with Crippen LogP contribution in [-0.2, 0) is 16.0 Å². The molecule has 26 heavy (non-hydrogen) atoms. The first-order valence-corrected chi connectivity index (χ1v) is 9.05. The van der Waals surface area contributed by atoms with E-state index in [0.717, 1.165) is 18.7 Å². The van der Waals surface area contributed by atoms with Crippen LogP contribution in [-0.4, -0.2) is 47.9 Å². The molecule has 1 aromatic heterocycles. The van der Waals surface area contributed by atoms with E-state index in [1.807, 2.05) is 35.2 Å². The van der Waals surface area contributed by atoms with Crippen LogP contribution in [0.15, 0.2) is 48.7 Å². The highest BCUT2D eigenvalue weighted by atomic mass is 16.7. The highest BCUT2D eigenvalue weighted by Gasteiger charge is 2.40. The molecule has 2 aliphatic rings. The lowest BCUT2D eigenvalue weighted by Crippen LogP contribution is -2.47. The highest BCUT2D eigenvalue weighted by Crippen LogP contribution is 2.31. The predicted octanol–water partition coefficient (Wildman–Crippen LogP) is 2.67. The first-order chi connectivity index (χ1) is 12.7. The number of hydrogen-bond donors (Lipinski definition) is 1. The number of nitrogens with zero attached hydrogens (tertiary/aromatic N) is 2. The van der Waals surface area contributed by atoms with E-state index in [-0.39, 0.29) is 5.91 Å². The van der Waals surface area contributed by atoms with Crippen molar-refractivity contribution < 1.29 is 14.3 Å². The topological polar surface area (TPSA) is 63.7 Å². The van der Waals surface area contributed by atoms with Gasteiger partial charge in [0.15, 0.2) is 5.79 Å². The molecule has 0 aliphatic carbocycles. The SMILES string of the molecule is O=C(c1ccc(NCc2ccccc2)nc1)N1CCC2(CC1)OCCO2. The van der Waals surface area contributed by atoms with Gasteiger partial charge in [-0.25, -0.2) is 4.98 Å². The minimum absolute atomic E-state index is 0.0138. The second kappa shape index (κ2) is 7.43. The maximum absolute atomic E-state index is 12.7. The van der Waals surface area contributed by atoms with Crippen LogP contribution < -0.4 is 5.32 Å². The molecule has 0 saturated carbocycles. The van der Waals surface area contributed by atoms with Crippen molar-refractivity contribution in [1.82, 2.24) is 9.88 Å². The molecule has 1 amide bonds. The van der Waals surface area contributed by atoms with Crippen molar-refractivity contribution in [2.75, 3.05) is 31.6 Å².